The van der Waals surface area contributed by atoms with E-state index in [0.717, 1.165) is 5.56 Å². The predicted molar refractivity (Wildman–Crippen MR) is 108 cm³/mol. The topological polar surface area (TPSA) is 117 Å². The van der Waals surface area contributed by atoms with E-state index in [1.165, 1.54) is 31.4 Å². The molecule has 0 aliphatic heterocycles. The van der Waals surface area contributed by atoms with Gasteiger partial charge in [-0.2, -0.15) is 0 Å². The molecule has 2 amide bonds. The Hall–Kier alpha value is -3.81. The van der Waals surface area contributed by atoms with Crippen LogP contribution in [0.3, 0.4) is 0 Å². The van der Waals surface area contributed by atoms with Crippen molar-refractivity contribution >= 4 is 29.5 Å². The molecule has 0 radical (unpaired) electrons. The van der Waals surface area contributed by atoms with Crippen LogP contribution in [-0.4, -0.2) is 38.1 Å². The van der Waals surface area contributed by atoms with E-state index >= 15 is 0 Å². The third kappa shape index (κ3) is 6.69. The second-order valence-electron chi connectivity index (χ2n) is 5.85. The number of methoxy groups -OCH3 is 1. The summed E-state index contributed by atoms with van der Waals surface area (Å²) in [5, 5.41) is 2.54. The van der Waals surface area contributed by atoms with Gasteiger partial charge in [0.15, 0.2) is 24.7 Å². The molecule has 0 atom stereocenters. The molecule has 8 nitrogen and oxygen atoms in total. The van der Waals surface area contributed by atoms with E-state index < -0.39 is 24.4 Å². The molecular weight excluding hydrogens is 376 g/mol. The zero-order chi connectivity index (χ0) is 21.2. The summed E-state index contributed by atoms with van der Waals surface area (Å²) in [6.07, 6.45) is 3.80. The van der Waals surface area contributed by atoms with Crippen molar-refractivity contribution in [3.8, 4) is 11.5 Å². The monoisotopic (exact) mass is 398 g/mol. The van der Waals surface area contributed by atoms with Crippen molar-refractivity contribution in [3.05, 3.63) is 59.7 Å². The molecule has 29 heavy (non-hydrogen) atoms. The van der Waals surface area contributed by atoms with Gasteiger partial charge >= 0.3 is 5.97 Å². The number of primary amides is 1. The van der Waals surface area contributed by atoms with Crippen LogP contribution in [0.1, 0.15) is 22.8 Å². The largest absolute Gasteiger partial charge is 0.493 e. The summed E-state index contributed by atoms with van der Waals surface area (Å²) in [7, 11) is 1.50. The fourth-order valence-corrected chi connectivity index (χ4v) is 2.34. The van der Waals surface area contributed by atoms with Crippen LogP contribution in [0.4, 0.5) is 5.69 Å². The van der Waals surface area contributed by atoms with Crippen molar-refractivity contribution in [3.63, 3.8) is 0 Å². The Morgan fingerprint density at radius 1 is 1.03 bits per heavy atom. The quantitative estimate of drug-likeness (QED) is 0.627. The average Bonchev–Trinajstić information content (AvgIpc) is 2.71. The maximum atomic E-state index is 11.9. The number of carbonyl (C=O) groups is 3. The van der Waals surface area contributed by atoms with Gasteiger partial charge in [-0.3, -0.25) is 9.59 Å². The fraction of sp³-hybridized carbons (Fsp3) is 0.190. The zero-order valence-corrected chi connectivity index (χ0v) is 16.1. The lowest BCUT2D eigenvalue weighted by atomic mass is 10.2. The molecule has 0 saturated carbocycles. The van der Waals surface area contributed by atoms with Gasteiger partial charge in [-0.05, 0) is 48.9 Å². The van der Waals surface area contributed by atoms with E-state index in [1.54, 1.807) is 12.1 Å². The van der Waals surface area contributed by atoms with Crippen molar-refractivity contribution in [1.29, 1.82) is 0 Å². The normalized spacial score (nSPS) is 10.4. The minimum atomic E-state index is -0.705. The highest BCUT2D eigenvalue weighted by atomic mass is 16.6. The first-order valence-electron chi connectivity index (χ1n) is 8.71. The molecule has 0 saturated heterocycles. The number of rotatable bonds is 9. The second-order valence-corrected chi connectivity index (χ2v) is 5.85. The summed E-state index contributed by atoms with van der Waals surface area (Å²) in [6.45, 7) is 1.05. The molecule has 2 aromatic carbocycles. The van der Waals surface area contributed by atoms with Crippen LogP contribution < -0.4 is 20.5 Å². The number of carbonyl (C=O) groups excluding carboxylic acids is 3. The third-order valence-corrected chi connectivity index (χ3v) is 3.71. The zero-order valence-electron chi connectivity index (χ0n) is 16.1. The Balaban J connectivity index is 1.80. The van der Waals surface area contributed by atoms with Crippen LogP contribution >= 0.6 is 0 Å². The van der Waals surface area contributed by atoms with E-state index in [-0.39, 0.29) is 6.61 Å². The number of benzene rings is 2. The van der Waals surface area contributed by atoms with E-state index in [1.807, 2.05) is 25.1 Å². The highest BCUT2D eigenvalue weighted by molar-refractivity contribution is 5.95. The molecule has 152 valence electrons. The van der Waals surface area contributed by atoms with Crippen molar-refractivity contribution < 1.29 is 28.6 Å². The molecule has 0 aliphatic rings. The third-order valence-electron chi connectivity index (χ3n) is 3.71. The lowest BCUT2D eigenvalue weighted by Crippen LogP contribution is -2.23. The van der Waals surface area contributed by atoms with Gasteiger partial charge in [0.25, 0.3) is 5.91 Å². The van der Waals surface area contributed by atoms with Gasteiger partial charge in [-0.25, -0.2) is 4.79 Å². The highest BCUT2D eigenvalue weighted by Crippen LogP contribution is 2.28. The molecule has 0 bridgehead atoms. The van der Waals surface area contributed by atoms with Crippen LogP contribution in [-0.2, 0) is 14.3 Å². The van der Waals surface area contributed by atoms with E-state index in [9.17, 15) is 14.4 Å². The van der Waals surface area contributed by atoms with Crippen LogP contribution in [0.25, 0.3) is 6.08 Å². The van der Waals surface area contributed by atoms with E-state index in [4.69, 9.17) is 19.9 Å². The maximum Gasteiger partial charge on any atom is 0.344 e. The summed E-state index contributed by atoms with van der Waals surface area (Å²) in [6, 6.07) is 11.3. The number of nitrogens with one attached hydrogen (secondary N) is 1. The first kappa shape index (κ1) is 21.5. The van der Waals surface area contributed by atoms with Crippen molar-refractivity contribution in [2.24, 2.45) is 5.73 Å². The molecule has 0 heterocycles. The molecular formula is C21H22N2O6. The van der Waals surface area contributed by atoms with Gasteiger partial charge in [0.1, 0.15) is 0 Å². The van der Waals surface area contributed by atoms with Gasteiger partial charge < -0.3 is 25.3 Å². The number of nitrogens with two attached hydrogens (primary N) is 1. The molecule has 0 fully saturated rings. The van der Waals surface area contributed by atoms with Crippen LogP contribution in [0.15, 0.2) is 48.5 Å². The van der Waals surface area contributed by atoms with Crippen LogP contribution in [0.2, 0.25) is 0 Å². The van der Waals surface area contributed by atoms with Gasteiger partial charge in [0, 0.05) is 11.3 Å². The second kappa shape index (κ2) is 10.5. The molecule has 2 aromatic rings. The standard InChI is InChI=1S/C21H22N2O6/c1-3-4-14-5-10-17(18(11-14)27-2)28-13-20(25)29-12-19(24)23-16-8-6-15(7-9-16)21(22)26/h3-11H,12-13H2,1-2H3,(H2,22,26)(H,23,24)/b4-3+. The predicted octanol–water partition coefficient (Wildman–Crippen LogP) is 2.39. The van der Waals surface area contributed by atoms with Crippen molar-refractivity contribution in [2.75, 3.05) is 25.6 Å². The minimum Gasteiger partial charge on any atom is -0.493 e. The summed E-state index contributed by atoms with van der Waals surface area (Å²) >= 11 is 0. The smallest absolute Gasteiger partial charge is 0.344 e. The Bertz CT molecular complexity index is 906. The number of hydrogen-bond donors (Lipinski definition) is 2. The van der Waals surface area contributed by atoms with E-state index in [0.29, 0.717) is 22.7 Å². The van der Waals surface area contributed by atoms with Crippen LogP contribution in [0.5, 0.6) is 11.5 Å². The number of amides is 2. The van der Waals surface area contributed by atoms with Gasteiger partial charge in [0.05, 0.1) is 7.11 Å². The SMILES string of the molecule is C/C=C/c1ccc(OCC(=O)OCC(=O)Nc2ccc(C(N)=O)cc2)c(OC)c1. The molecule has 0 unspecified atom stereocenters. The van der Waals surface area contributed by atoms with Crippen LogP contribution in [0, 0.1) is 0 Å². The molecule has 0 spiro atoms. The first-order valence-corrected chi connectivity index (χ1v) is 8.71. The number of anilines is 1. The van der Waals surface area contributed by atoms with Gasteiger partial charge in [-0.1, -0.05) is 18.2 Å². The molecule has 0 aliphatic carbocycles. The summed E-state index contributed by atoms with van der Waals surface area (Å²) in [5.74, 6) is -0.936. The highest BCUT2D eigenvalue weighted by Gasteiger charge is 2.11. The number of allylic oxidation sites excluding steroid dienone is 1. The average molecular weight is 398 g/mol. The number of esters is 1. The Labute approximate surface area is 168 Å². The Morgan fingerprint density at radius 2 is 1.76 bits per heavy atom. The van der Waals surface area contributed by atoms with Gasteiger partial charge in [-0.15, -0.1) is 0 Å². The van der Waals surface area contributed by atoms with E-state index in [2.05, 4.69) is 5.32 Å². The number of hydrogen-bond acceptors (Lipinski definition) is 6. The lowest BCUT2D eigenvalue weighted by molar-refractivity contribution is -0.149. The maximum absolute atomic E-state index is 11.9. The molecule has 2 rings (SSSR count). The van der Waals surface area contributed by atoms with Crippen molar-refractivity contribution in [2.45, 2.75) is 6.92 Å². The molecule has 0 aromatic heterocycles. The first-order chi connectivity index (χ1) is 13.9. The van der Waals surface area contributed by atoms with Crippen molar-refractivity contribution in [1.82, 2.24) is 0 Å². The Morgan fingerprint density at radius 3 is 2.38 bits per heavy atom. The summed E-state index contributed by atoms with van der Waals surface area (Å²) in [4.78, 5) is 34.7. The van der Waals surface area contributed by atoms with Gasteiger partial charge in [0.2, 0.25) is 5.91 Å². The molecule has 3 N–H and O–H groups in total. The minimum absolute atomic E-state index is 0.320. The molecule has 8 heteroatoms. The summed E-state index contributed by atoms with van der Waals surface area (Å²) in [5.41, 5.74) is 6.84. The summed E-state index contributed by atoms with van der Waals surface area (Å²) < 4.78 is 15.6. The lowest BCUT2D eigenvalue weighted by Gasteiger charge is -2.11. The number of ether oxygens (including phenoxy) is 3. The Kier molecular flexibility index (Phi) is 7.78. The fourth-order valence-electron chi connectivity index (χ4n) is 2.34.